The van der Waals surface area contributed by atoms with Crippen LogP contribution >= 0.6 is 11.6 Å². The molecule has 25 heavy (non-hydrogen) atoms. The smallest absolute Gasteiger partial charge is 0.134 e. The molecule has 2 atom stereocenters. The Morgan fingerprint density at radius 1 is 1.04 bits per heavy atom. The Kier molecular flexibility index (Phi) is 3.50. The van der Waals surface area contributed by atoms with Gasteiger partial charge in [0.1, 0.15) is 17.7 Å². The lowest BCUT2D eigenvalue weighted by molar-refractivity contribution is 0.108. The standard InChI is InChI=1S/C19H17ClN4O/c20-14-3-1-13(2-4-14)18-17(12-7-9-21-10-8-12)19(23-22-18)24-11-15-5-6-16(24)25-15/h1-4,7-10,15-16H,5-6,11H2,(H,22,23). The first-order valence-corrected chi connectivity index (χ1v) is 8.84. The molecular weight excluding hydrogens is 336 g/mol. The number of piperidine rings is 1. The number of aromatic amines is 1. The highest BCUT2D eigenvalue weighted by Gasteiger charge is 2.41. The third-order valence-corrected chi connectivity index (χ3v) is 5.21. The van der Waals surface area contributed by atoms with Gasteiger partial charge in [0.05, 0.1) is 11.7 Å². The number of hydrogen-bond acceptors (Lipinski definition) is 4. The summed E-state index contributed by atoms with van der Waals surface area (Å²) in [7, 11) is 0. The maximum Gasteiger partial charge on any atom is 0.134 e. The quantitative estimate of drug-likeness (QED) is 0.770. The van der Waals surface area contributed by atoms with Gasteiger partial charge in [0, 0.05) is 29.5 Å². The minimum absolute atomic E-state index is 0.143. The highest BCUT2D eigenvalue weighted by molar-refractivity contribution is 6.30. The molecule has 3 aromatic rings. The molecule has 2 aliphatic rings. The van der Waals surface area contributed by atoms with Crippen molar-refractivity contribution in [3.8, 4) is 22.4 Å². The van der Waals surface area contributed by atoms with E-state index in [0.717, 1.165) is 52.6 Å². The van der Waals surface area contributed by atoms with E-state index in [9.17, 15) is 0 Å². The largest absolute Gasteiger partial charge is 0.353 e. The van der Waals surface area contributed by atoms with Gasteiger partial charge in [-0.15, -0.1) is 0 Å². The fraction of sp³-hybridized carbons (Fsp3) is 0.263. The van der Waals surface area contributed by atoms with Crippen LogP contribution in [0.5, 0.6) is 0 Å². The van der Waals surface area contributed by atoms with Crippen LogP contribution in [0.1, 0.15) is 12.8 Å². The van der Waals surface area contributed by atoms with Crippen molar-refractivity contribution in [2.24, 2.45) is 0 Å². The molecule has 0 amide bonds. The molecule has 2 unspecified atom stereocenters. The SMILES string of the molecule is Clc1ccc(-c2n[nH]c(N3CC4CCC3O4)c2-c2ccncc2)cc1. The van der Waals surface area contributed by atoms with E-state index in [1.165, 1.54) is 0 Å². The Balaban J connectivity index is 1.66. The van der Waals surface area contributed by atoms with Crippen LogP contribution < -0.4 is 4.90 Å². The first-order chi connectivity index (χ1) is 12.3. The van der Waals surface area contributed by atoms with Gasteiger partial charge in [-0.2, -0.15) is 5.10 Å². The zero-order valence-corrected chi connectivity index (χ0v) is 14.3. The molecular formula is C19H17ClN4O. The van der Waals surface area contributed by atoms with Crippen molar-refractivity contribution in [2.45, 2.75) is 25.2 Å². The maximum absolute atomic E-state index is 6.05. The van der Waals surface area contributed by atoms with E-state index in [2.05, 4.69) is 20.1 Å². The molecule has 2 saturated heterocycles. The molecule has 0 saturated carbocycles. The van der Waals surface area contributed by atoms with Crippen molar-refractivity contribution in [3.63, 3.8) is 0 Å². The predicted octanol–water partition coefficient (Wildman–Crippen LogP) is 4.12. The van der Waals surface area contributed by atoms with Gasteiger partial charge < -0.3 is 9.64 Å². The summed E-state index contributed by atoms with van der Waals surface area (Å²) in [6.45, 7) is 0.908. The Labute approximate surface area is 150 Å². The summed E-state index contributed by atoms with van der Waals surface area (Å²) in [4.78, 5) is 6.45. The number of fused-ring (bicyclic) bond motifs is 2. The third kappa shape index (κ3) is 2.51. The van der Waals surface area contributed by atoms with E-state index in [4.69, 9.17) is 16.3 Å². The van der Waals surface area contributed by atoms with Crippen LogP contribution in [0.25, 0.3) is 22.4 Å². The number of anilines is 1. The minimum atomic E-state index is 0.143. The van der Waals surface area contributed by atoms with Gasteiger partial charge in [0.25, 0.3) is 0 Å². The summed E-state index contributed by atoms with van der Waals surface area (Å²) in [5.74, 6) is 1.02. The molecule has 2 aliphatic heterocycles. The lowest BCUT2D eigenvalue weighted by Crippen LogP contribution is -2.33. The molecule has 0 aliphatic carbocycles. The number of nitrogens with one attached hydrogen (secondary N) is 1. The van der Waals surface area contributed by atoms with Crippen molar-refractivity contribution in [1.29, 1.82) is 0 Å². The van der Waals surface area contributed by atoms with Crippen molar-refractivity contribution in [2.75, 3.05) is 11.4 Å². The Hall–Kier alpha value is -2.37. The first-order valence-electron chi connectivity index (χ1n) is 8.46. The van der Waals surface area contributed by atoms with Crippen LogP contribution in [-0.2, 0) is 4.74 Å². The Morgan fingerprint density at radius 3 is 2.52 bits per heavy atom. The predicted molar refractivity (Wildman–Crippen MR) is 97.5 cm³/mol. The number of aromatic nitrogens is 3. The highest BCUT2D eigenvalue weighted by atomic mass is 35.5. The van der Waals surface area contributed by atoms with E-state index in [-0.39, 0.29) is 6.23 Å². The number of nitrogens with zero attached hydrogens (tertiary/aromatic N) is 3. The number of halogens is 1. The summed E-state index contributed by atoms with van der Waals surface area (Å²) in [5, 5.41) is 8.61. The van der Waals surface area contributed by atoms with Gasteiger partial charge in [-0.25, -0.2) is 0 Å². The fourth-order valence-corrected chi connectivity index (χ4v) is 3.90. The average molecular weight is 353 g/mol. The van der Waals surface area contributed by atoms with Gasteiger partial charge in [-0.1, -0.05) is 23.7 Å². The normalized spacial score (nSPS) is 21.9. The second-order valence-corrected chi connectivity index (χ2v) is 6.92. The third-order valence-electron chi connectivity index (χ3n) is 4.95. The molecule has 2 aromatic heterocycles. The summed E-state index contributed by atoms with van der Waals surface area (Å²) >= 11 is 6.05. The summed E-state index contributed by atoms with van der Waals surface area (Å²) < 4.78 is 6.01. The van der Waals surface area contributed by atoms with Crippen LogP contribution in [0.2, 0.25) is 5.02 Å². The average Bonchev–Trinajstić information content (AvgIpc) is 3.38. The van der Waals surface area contributed by atoms with Crippen molar-refractivity contribution >= 4 is 17.4 Å². The molecule has 0 spiro atoms. The van der Waals surface area contributed by atoms with E-state index < -0.39 is 0 Å². The minimum Gasteiger partial charge on any atom is -0.353 e. The number of benzene rings is 1. The zero-order chi connectivity index (χ0) is 16.8. The second-order valence-electron chi connectivity index (χ2n) is 6.48. The Bertz CT molecular complexity index is 894. The van der Waals surface area contributed by atoms with E-state index in [1.54, 1.807) is 0 Å². The lowest BCUT2D eigenvalue weighted by atomic mass is 10.0. The second kappa shape index (κ2) is 5.86. The molecule has 0 radical (unpaired) electrons. The zero-order valence-electron chi connectivity index (χ0n) is 13.5. The fourth-order valence-electron chi connectivity index (χ4n) is 3.77. The van der Waals surface area contributed by atoms with Crippen LogP contribution in [0.15, 0.2) is 48.8 Å². The number of pyridine rings is 1. The van der Waals surface area contributed by atoms with Gasteiger partial charge in [-0.05, 0) is 42.7 Å². The number of ether oxygens (including phenoxy) is 1. The van der Waals surface area contributed by atoms with Crippen LogP contribution in [0.4, 0.5) is 5.82 Å². The van der Waals surface area contributed by atoms with Gasteiger partial charge in [-0.3, -0.25) is 10.1 Å². The number of rotatable bonds is 3. The van der Waals surface area contributed by atoms with Crippen molar-refractivity contribution < 1.29 is 4.74 Å². The van der Waals surface area contributed by atoms with Crippen LogP contribution in [0.3, 0.4) is 0 Å². The topological polar surface area (TPSA) is 54.0 Å². The number of hydrogen-bond donors (Lipinski definition) is 1. The molecule has 5 rings (SSSR count). The maximum atomic E-state index is 6.05. The first kappa shape index (κ1) is 14.9. The van der Waals surface area contributed by atoms with E-state index in [1.807, 2.05) is 48.8 Å². The molecule has 1 aromatic carbocycles. The van der Waals surface area contributed by atoms with E-state index in [0.29, 0.717) is 6.10 Å². The molecule has 4 heterocycles. The molecule has 1 N–H and O–H groups in total. The van der Waals surface area contributed by atoms with Gasteiger partial charge in [0.15, 0.2) is 0 Å². The monoisotopic (exact) mass is 352 g/mol. The van der Waals surface area contributed by atoms with Gasteiger partial charge in [0.2, 0.25) is 0 Å². The van der Waals surface area contributed by atoms with Gasteiger partial charge >= 0.3 is 0 Å². The van der Waals surface area contributed by atoms with Crippen molar-refractivity contribution in [3.05, 3.63) is 53.8 Å². The number of H-pyrrole nitrogens is 1. The molecule has 6 heteroatoms. The molecule has 5 nitrogen and oxygen atoms in total. The van der Waals surface area contributed by atoms with Crippen LogP contribution in [0, 0.1) is 0 Å². The van der Waals surface area contributed by atoms with Crippen LogP contribution in [-0.4, -0.2) is 34.1 Å². The summed E-state index contributed by atoms with van der Waals surface area (Å²) in [5.41, 5.74) is 4.12. The summed E-state index contributed by atoms with van der Waals surface area (Å²) in [6, 6.07) is 11.8. The molecule has 2 bridgehead atoms. The lowest BCUT2D eigenvalue weighted by Gasteiger charge is -2.25. The Morgan fingerprint density at radius 2 is 1.84 bits per heavy atom. The van der Waals surface area contributed by atoms with E-state index >= 15 is 0 Å². The summed E-state index contributed by atoms with van der Waals surface area (Å²) in [6.07, 6.45) is 6.30. The molecule has 126 valence electrons. The molecule has 2 fully saturated rings. The highest BCUT2D eigenvalue weighted by Crippen LogP contribution is 2.42. The van der Waals surface area contributed by atoms with Crippen molar-refractivity contribution in [1.82, 2.24) is 15.2 Å².